The minimum atomic E-state index is 0.356. The van der Waals surface area contributed by atoms with Gasteiger partial charge in [0, 0.05) is 0 Å². The average molecular weight is 611 g/mol. The van der Waals surface area contributed by atoms with Crippen LogP contribution in [-0.2, 0) is 0 Å². The fourth-order valence-corrected chi connectivity index (χ4v) is 9.68. The van der Waals surface area contributed by atoms with Crippen LogP contribution in [0.3, 0.4) is 0 Å². The van der Waals surface area contributed by atoms with Crippen molar-refractivity contribution in [3.05, 3.63) is 132 Å². The molecule has 0 nitrogen and oxygen atoms in total. The molecule has 226 valence electrons. The van der Waals surface area contributed by atoms with E-state index >= 15 is 0 Å². The molecule has 48 heavy (non-hydrogen) atoms. The normalized spacial score (nSPS) is 13.0. The van der Waals surface area contributed by atoms with Gasteiger partial charge in [-0.1, -0.05) is 119 Å². The molecule has 0 heterocycles. The third-order valence-corrected chi connectivity index (χ3v) is 11.5. The first-order valence-electron chi connectivity index (χ1n) is 17.5. The van der Waals surface area contributed by atoms with Crippen LogP contribution in [0.15, 0.2) is 121 Å². The summed E-state index contributed by atoms with van der Waals surface area (Å²) >= 11 is 0. The van der Waals surface area contributed by atoms with Gasteiger partial charge in [0.1, 0.15) is 0 Å². The summed E-state index contributed by atoms with van der Waals surface area (Å²) in [5.41, 5.74) is 8.72. The molecule has 10 aromatic carbocycles. The van der Waals surface area contributed by atoms with Crippen LogP contribution in [-0.4, -0.2) is 0 Å². The van der Waals surface area contributed by atoms with Crippen LogP contribution >= 0.6 is 0 Å². The Labute approximate surface area is 279 Å². The Morgan fingerprint density at radius 2 is 0.792 bits per heavy atom. The number of fused-ring (bicyclic) bond motifs is 11. The van der Waals surface area contributed by atoms with Crippen LogP contribution < -0.4 is 0 Å². The van der Waals surface area contributed by atoms with Gasteiger partial charge >= 0.3 is 0 Å². The second-order valence-electron chi connectivity index (χ2n) is 14.8. The van der Waals surface area contributed by atoms with Gasteiger partial charge in [-0.3, -0.25) is 0 Å². The van der Waals surface area contributed by atoms with Crippen LogP contribution in [0.2, 0.25) is 0 Å². The van der Waals surface area contributed by atoms with Crippen molar-refractivity contribution >= 4 is 86.2 Å². The molecule has 0 heteroatoms. The molecular formula is C48H34. The van der Waals surface area contributed by atoms with Gasteiger partial charge in [0.2, 0.25) is 0 Å². The summed E-state index contributed by atoms with van der Waals surface area (Å²) in [5.74, 6) is 0.712. The zero-order valence-corrected chi connectivity index (χ0v) is 27.7. The van der Waals surface area contributed by atoms with Crippen LogP contribution in [0, 0.1) is 0 Å². The van der Waals surface area contributed by atoms with Gasteiger partial charge in [-0.05, 0) is 162 Å². The van der Waals surface area contributed by atoms with Gasteiger partial charge in [0.05, 0.1) is 0 Å². The number of benzene rings is 10. The second-order valence-corrected chi connectivity index (χ2v) is 14.8. The molecule has 0 aliphatic heterocycles. The Hall–Kier alpha value is -5.46. The molecule has 0 saturated heterocycles. The highest BCUT2D eigenvalue weighted by Crippen LogP contribution is 2.58. The second kappa shape index (κ2) is 9.12. The van der Waals surface area contributed by atoms with Crippen molar-refractivity contribution in [3.63, 3.8) is 0 Å². The maximum atomic E-state index is 2.57. The Morgan fingerprint density at radius 3 is 1.44 bits per heavy atom. The predicted molar refractivity (Wildman–Crippen MR) is 210 cm³/mol. The lowest BCUT2D eigenvalue weighted by Crippen LogP contribution is -2.02. The van der Waals surface area contributed by atoms with Crippen molar-refractivity contribution in [1.29, 1.82) is 0 Å². The first kappa shape index (κ1) is 26.6. The average Bonchev–Trinajstić information content (AvgIpc) is 3.42. The molecule has 0 unspecified atom stereocenters. The topological polar surface area (TPSA) is 0 Å². The Bertz CT molecular complexity index is 3040. The molecule has 1 aliphatic carbocycles. The van der Waals surface area contributed by atoms with E-state index in [9.17, 15) is 0 Å². The molecule has 10 aromatic rings. The summed E-state index contributed by atoms with van der Waals surface area (Å²) in [6.45, 7) is 9.59. The summed E-state index contributed by atoms with van der Waals surface area (Å²) in [5, 5.41) is 21.7. The summed E-state index contributed by atoms with van der Waals surface area (Å²) in [7, 11) is 0. The van der Waals surface area contributed by atoms with Crippen LogP contribution in [0.25, 0.3) is 108 Å². The highest BCUT2D eigenvalue weighted by molar-refractivity contribution is 6.34. The summed E-state index contributed by atoms with van der Waals surface area (Å²) in [6, 6.07) is 46.6. The Kier molecular flexibility index (Phi) is 5.05. The molecule has 0 N–H and O–H groups in total. The van der Waals surface area contributed by atoms with E-state index in [4.69, 9.17) is 0 Å². The van der Waals surface area contributed by atoms with Crippen molar-refractivity contribution in [2.75, 3.05) is 0 Å². The quantitative estimate of drug-likeness (QED) is 0.135. The number of hydrogen-bond acceptors (Lipinski definition) is 0. The molecule has 0 radical (unpaired) electrons. The van der Waals surface area contributed by atoms with E-state index in [0.717, 1.165) is 0 Å². The fraction of sp³-hybridized carbons (Fsp3) is 0.125. The van der Waals surface area contributed by atoms with Gasteiger partial charge in [-0.25, -0.2) is 0 Å². The highest BCUT2D eigenvalue weighted by atomic mass is 14.4. The third kappa shape index (κ3) is 3.21. The van der Waals surface area contributed by atoms with E-state index in [-0.39, 0.29) is 0 Å². The Morgan fingerprint density at radius 1 is 0.312 bits per heavy atom. The standard InChI is InChI=1S/C48H34/c1-25(2)42-40-24-38-36-21-30-11-6-5-10-29(30)20-35(36)32-14-7-8-15-33(32)37(38)23-39(40)43(26(3)4)48-41-22-31-13-9-12-27-16-17-28-18-19-34(47(42)48)46(41)45(28)44(27)31/h5-26H,1-4H3. The van der Waals surface area contributed by atoms with Crippen LogP contribution in [0.4, 0.5) is 0 Å². The SMILES string of the molecule is CC(C)c1c2c(c(C(C)C)c3cc4c5cc6ccccc6cc5c5ccccc5c4cc13)-c1ccc3ccc4cccc5cc-2c1c3c45. The first-order chi connectivity index (χ1) is 23.5. The lowest BCUT2D eigenvalue weighted by Gasteiger charge is -2.25. The monoisotopic (exact) mass is 610 g/mol. The minimum absolute atomic E-state index is 0.356. The van der Waals surface area contributed by atoms with E-state index in [1.54, 1.807) is 0 Å². The molecule has 0 aromatic heterocycles. The van der Waals surface area contributed by atoms with Crippen molar-refractivity contribution in [3.8, 4) is 22.3 Å². The molecular weight excluding hydrogens is 577 g/mol. The van der Waals surface area contributed by atoms with Crippen LogP contribution in [0.1, 0.15) is 50.7 Å². The van der Waals surface area contributed by atoms with Crippen molar-refractivity contribution in [2.24, 2.45) is 0 Å². The largest absolute Gasteiger partial charge is 0.0616 e. The first-order valence-corrected chi connectivity index (χ1v) is 17.5. The molecule has 0 spiro atoms. The van der Waals surface area contributed by atoms with E-state index in [1.165, 1.54) is 120 Å². The van der Waals surface area contributed by atoms with E-state index in [2.05, 4.69) is 149 Å². The smallest absolute Gasteiger partial charge is 0.00135 e. The lowest BCUT2D eigenvalue weighted by atomic mass is 9.79. The maximum absolute atomic E-state index is 2.57. The van der Waals surface area contributed by atoms with Gasteiger partial charge in [-0.15, -0.1) is 0 Å². The van der Waals surface area contributed by atoms with Crippen molar-refractivity contribution < 1.29 is 0 Å². The molecule has 11 rings (SSSR count). The van der Waals surface area contributed by atoms with E-state index in [1.807, 2.05) is 0 Å². The molecule has 0 saturated carbocycles. The van der Waals surface area contributed by atoms with Crippen molar-refractivity contribution in [2.45, 2.75) is 39.5 Å². The van der Waals surface area contributed by atoms with Crippen molar-refractivity contribution in [1.82, 2.24) is 0 Å². The maximum Gasteiger partial charge on any atom is -0.00135 e. The van der Waals surface area contributed by atoms with E-state index < -0.39 is 0 Å². The summed E-state index contributed by atoms with van der Waals surface area (Å²) in [4.78, 5) is 0. The van der Waals surface area contributed by atoms with E-state index in [0.29, 0.717) is 11.8 Å². The van der Waals surface area contributed by atoms with Gasteiger partial charge in [0.25, 0.3) is 0 Å². The highest BCUT2D eigenvalue weighted by Gasteiger charge is 2.33. The lowest BCUT2D eigenvalue weighted by molar-refractivity contribution is 0.864. The summed E-state index contributed by atoms with van der Waals surface area (Å²) in [6.07, 6.45) is 0. The zero-order valence-electron chi connectivity index (χ0n) is 27.7. The van der Waals surface area contributed by atoms with Gasteiger partial charge in [-0.2, -0.15) is 0 Å². The predicted octanol–water partition coefficient (Wildman–Crippen LogP) is 14.2. The Balaban J connectivity index is 1.39. The van der Waals surface area contributed by atoms with Gasteiger partial charge in [0.15, 0.2) is 0 Å². The third-order valence-electron chi connectivity index (χ3n) is 11.5. The number of rotatable bonds is 2. The number of hydrogen-bond donors (Lipinski definition) is 0. The van der Waals surface area contributed by atoms with Crippen LogP contribution in [0.5, 0.6) is 0 Å². The molecule has 0 atom stereocenters. The minimum Gasteiger partial charge on any atom is -0.0616 e. The van der Waals surface area contributed by atoms with Gasteiger partial charge < -0.3 is 0 Å². The molecule has 1 aliphatic rings. The fourth-order valence-electron chi connectivity index (χ4n) is 9.68. The zero-order chi connectivity index (χ0) is 32.0. The molecule has 0 amide bonds. The molecule has 0 bridgehead atoms. The molecule has 0 fully saturated rings. The summed E-state index contributed by atoms with van der Waals surface area (Å²) < 4.78 is 0.